The molecule has 0 bridgehead atoms. The van der Waals surface area contributed by atoms with Crippen molar-refractivity contribution >= 4 is 17.3 Å². The molecule has 1 aliphatic heterocycles. The minimum Gasteiger partial charge on any atom is -0.465 e. The second-order valence-corrected chi connectivity index (χ2v) is 5.80. The van der Waals surface area contributed by atoms with Crippen molar-refractivity contribution in [3.05, 3.63) is 41.0 Å². The zero-order chi connectivity index (χ0) is 17.3. The minimum absolute atomic E-state index is 0.339. The van der Waals surface area contributed by atoms with E-state index in [-0.39, 0.29) is 5.82 Å². The molecule has 2 heterocycles. The maximum absolute atomic E-state index is 14.2. The van der Waals surface area contributed by atoms with Gasteiger partial charge in [0.15, 0.2) is 5.76 Å². The Bertz CT molecular complexity index is 732. The summed E-state index contributed by atoms with van der Waals surface area (Å²) in [7, 11) is 1.31. The number of carbonyl (C=O) groups is 1. The van der Waals surface area contributed by atoms with E-state index in [0.717, 1.165) is 30.2 Å². The van der Waals surface area contributed by atoms with Gasteiger partial charge in [0.2, 0.25) is 0 Å². The first-order valence-corrected chi connectivity index (χ1v) is 7.82. The average molecular weight is 333 g/mol. The SMILES string of the molecule is COC(=O)c1ccc(F)c(N2CCN(c3c(C)noc3C)CC2)c1. The van der Waals surface area contributed by atoms with Crippen LogP contribution in [0, 0.1) is 19.7 Å². The zero-order valence-electron chi connectivity index (χ0n) is 14.0. The number of halogens is 1. The van der Waals surface area contributed by atoms with Gasteiger partial charge in [-0.1, -0.05) is 5.16 Å². The van der Waals surface area contributed by atoms with Crippen LogP contribution in [-0.2, 0) is 4.74 Å². The first kappa shape index (κ1) is 16.3. The molecule has 1 fully saturated rings. The van der Waals surface area contributed by atoms with Gasteiger partial charge in [0.25, 0.3) is 0 Å². The largest absolute Gasteiger partial charge is 0.465 e. The van der Waals surface area contributed by atoms with E-state index in [1.54, 1.807) is 6.07 Å². The van der Waals surface area contributed by atoms with E-state index >= 15 is 0 Å². The summed E-state index contributed by atoms with van der Waals surface area (Å²) >= 11 is 0. The number of hydrogen-bond donors (Lipinski definition) is 0. The van der Waals surface area contributed by atoms with Crippen molar-refractivity contribution in [2.75, 3.05) is 43.1 Å². The molecule has 1 aromatic heterocycles. The molecule has 0 saturated carbocycles. The third-order valence-corrected chi connectivity index (χ3v) is 4.30. The van der Waals surface area contributed by atoms with Crippen molar-refractivity contribution in [1.29, 1.82) is 0 Å². The van der Waals surface area contributed by atoms with Gasteiger partial charge in [-0.3, -0.25) is 0 Å². The van der Waals surface area contributed by atoms with Gasteiger partial charge in [-0.25, -0.2) is 9.18 Å². The lowest BCUT2D eigenvalue weighted by Gasteiger charge is -2.37. The van der Waals surface area contributed by atoms with Gasteiger partial charge in [-0.05, 0) is 32.0 Å². The Labute approximate surface area is 139 Å². The second-order valence-electron chi connectivity index (χ2n) is 5.80. The molecule has 7 heteroatoms. The molecule has 6 nitrogen and oxygen atoms in total. The molecule has 0 radical (unpaired) electrons. The Kier molecular flexibility index (Phi) is 4.42. The van der Waals surface area contributed by atoms with Crippen LogP contribution in [0.15, 0.2) is 22.7 Å². The molecule has 0 atom stereocenters. The number of hydrogen-bond acceptors (Lipinski definition) is 6. The predicted octanol–water partition coefficient (Wildman–Crippen LogP) is 2.54. The number of anilines is 2. The van der Waals surface area contributed by atoms with E-state index in [2.05, 4.69) is 10.1 Å². The van der Waals surface area contributed by atoms with Crippen LogP contribution in [0.5, 0.6) is 0 Å². The fraction of sp³-hybridized carbons (Fsp3) is 0.412. The van der Waals surface area contributed by atoms with E-state index in [1.165, 1.54) is 19.2 Å². The third-order valence-electron chi connectivity index (χ3n) is 4.30. The highest BCUT2D eigenvalue weighted by atomic mass is 19.1. The molecule has 0 N–H and O–H groups in total. The van der Waals surface area contributed by atoms with Crippen LogP contribution >= 0.6 is 0 Å². The number of benzene rings is 1. The summed E-state index contributed by atoms with van der Waals surface area (Å²) in [5, 5.41) is 3.98. The molecule has 1 aromatic carbocycles. The van der Waals surface area contributed by atoms with Gasteiger partial charge in [0, 0.05) is 26.2 Å². The normalized spacial score (nSPS) is 14.8. The van der Waals surface area contributed by atoms with Crippen molar-refractivity contribution < 1.29 is 18.4 Å². The highest BCUT2D eigenvalue weighted by molar-refractivity contribution is 5.90. The Balaban J connectivity index is 1.76. The van der Waals surface area contributed by atoms with E-state index in [4.69, 9.17) is 9.26 Å². The van der Waals surface area contributed by atoms with Crippen LogP contribution in [-0.4, -0.2) is 44.4 Å². The molecule has 2 aromatic rings. The number of methoxy groups -OCH3 is 1. The summed E-state index contributed by atoms with van der Waals surface area (Å²) in [6, 6.07) is 4.29. The summed E-state index contributed by atoms with van der Waals surface area (Å²) in [5.74, 6) is -0.0149. The highest BCUT2D eigenvalue weighted by Gasteiger charge is 2.24. The summed E-state index contributed by atoms with van der Waals surface area (Å²) in [4.78, 5) is 15.8. The van der Waals surface area contributed by atoms with Crippen LogP contribution in [0.3, 0.4) is 0 Å². The van der Waals surface area contributed by atoms with Gasteiger partial charge in [0.05, 0.1) is 18.4 Å². The lowest BCUT2D eigenvalue weighted by molar-refractivity contribution is 0.0600. The van der Waals surface area contributed by atoms with Crippen molar-refractivity contribution in [2.24, 2.45) is 0 Å². The molecular weight excluding hydrogens is 313 g/mol. The molecule has 24 heavy (non-hydrogen) atoms. The Hall–Kier alpha value is -2.57. The van der Waals surface area contributed by atoms with E-state index < -0.39 is 5.97 Å². The summed E-state index contributed by atoms with van der Waals surface area (Å²) in [6.45, 7) is 6.55. The van der Waals surface area contributed by atoms with E-state index in [9.17, 15) is 9.18 Å². The molecule has 0 spiro atoms. The summed E-state index contributed by atoms with van der Waals surface area (Å²) in [6.07, 6.45) is 0. The minimum atomic E-state index is -0.467. The van der Waals surface area contributed by atoms with Crippen LogP contribution in [0.4, 0.5) is 15.8 Å². The number of esters is 1. The molecule has 3 rings (SSSR count). The van der Waals surface area contributed by atoms with Crippen molar-refractivity contribution in [2.45, 2.75) is 13.8 Å². The number of carbonyl (C=O) groups excluding carboxylic acids is 1. The fourth-order valence-corrected chi connectivity index (χ4v) is 3.10. The quantitative estimate of drug-likeness (QED) is 0.805. The van der Waals surface area contributed by atoms with Gasteiger partial charge >= 0.3 is 5.97 Å². The second kappa shape index (κ2) is 6.51. The van der Waals surface area contributed by atoms with Crippen molar-refractivity contribution in [3.63, 3.8) is 0 Å². The lowest BCUT2D eigenvalue weighted by Crippen LogP contribution is -2.47. The van der Waals surface area contributed by atoms with Crippen LogP contribution < -0.4 is 9.80 Å². The topological polar surface area (TPSA) is 58.8 Å². The molecule has 128 valence electrons. The summed E-state index contributed by atoms with van der Waals surface area (Å²) < 4.78 is 24.1. The zero-order valence-corrected chi connectivity index (χ0v) is 14.0. The number of nitrogens with zero attached hydrogens (tertiary/aromatic N) is 3. The monoisotopic (exact) mass is 333 g/mol. The third kappa shape index (κ3) is 2.93. The lowest BCUT2D eigenvalue weighted by atomic mass is 10.1. The van der Waals surface area contributed by atoms with E-state index in [0.29, 0.717) is 24.3 Å². The molecule has 1 aliphatic rings. The average Bonchev–Trinajstić information content (AvgIpc) is 2.93. The van der Waals surface area contributed by atoms with Gasteiger partial charge in [-0.15, -0.1) is 0 Å². The number of aromatic nitrogens is 1. The Morgan fingerprint density at radius 2 is 1.88 bits per heavy atom. The fourth-order valence-electron chi connectivity index (χ4n) is 3.10. The van der Waals surface area contributed by atoms with Gasteiger partial charge in [0.1, 0.15) is 17.2 Å². The maximum Gasteiger partial charge on any atom is 0.337 e. The number of aryl methyl sites for hydroxylation is 2. The van der Waals surface area contributed by atoms with Crippen LogP contribution in [0.1, 0.15) is 21.8 Å². The van der Waals surface area contributed by atoms with Crippen molar-refractivity contribution in [1.82, 2.24) is 5.16 Å². The molecule has 0 unspecified atom stereocenters. The van der Waals surface area contributed by atoms with Gasteiger partial charge < -0.3 is 19.1 Å². The van der Waals surface area contributed by atoms with Crippen LogP contribution in [0.25, 0.3) is 0 Å². The molecule has 0 amide bonds. The smallest absolute Gasteiger partial charge is 0.337 e. The first-order valence-electron chi connectivity index (χ1n) is 7.82. The number of rotatable bonds is 3. The van der Waals surface area contributed by atoms with Crippen LogP contribution in [0.2, 0.25) is 0 Å². The molecule has 0 aliphatic carbocycles. The van der Waals surface area contributed by atoms with E-state index in [1.807, 2.05) is 18.7 Å². The molecular formula is C17H20FN3O3. The molecule has 1 saturated heterocycles. The summed E-state index contributed by atoms with van der Waals surface area (Å²) in [5.41, 5.74) is 2.65. The first-order chi connectivity index (χ1) is 11.5. The Morgan fingerprint density at radius 1 is 1.21 bits per heavy atom. The van der Waals surface area contributed by atoms with Gasteiger partial charge in [-0.2, -0.15) is 0 Å². The Morgan fingerprint density at radius 3 is 2.46 bits per heavy atom. The van der Waals surface area contributed by atoms with Crippen molar-refractivity contribution in [3.8, 4) is 0 Å². The highest BCUT2D eigenvalue weighted by Crippen LogP contribution is 2.28. The standard InChI is InChI=1S/C17H20FN3O3/c1-11-16(12(2)24-19-11)21-8-6-20(7-9-21)15-10-13(17(22)23-3)4-5-14(15)18/h4-5,10H,6-9H2,1-3H3. The maximum atomic E-state index is 14.2. The number of ether oxygens (including phenoxy) is 1. The number of piperazine rings is 1. The predicted molar refractivity (Wildman–Crippen MR) is 88.1 cm³/mol.